The van der Waals surface area contributed by atoms with Crippen LogP contribution in [-0.4, -0.2) is 9.97 Å². The molecule has 2 aliphatic carbocycles. The van der Waals surface area contributed by atoms with Crippen molar-refractivity contribution in [2.75, 3.05) is 0 Å². The van der Waals surface area contributed by atoms with Gasteiger partial charge in [-0.3, -0.25) is 0 Å². The van der Waals surface area contributed by atoms with Crippen LogP contribution in [0, 0.1) is 0 Å². The van der Waals surface area contributed by atoms with Gasteiger partial charge in [0.1, 0.15) is 0 Å². The first kappa shape index (κ1) is 31.8. The van der Waals surface area contributed by atoms with Gasteiger partial charge in [-0.25, -0.2) is 9.97 Å². The third kappa shape index (κ3) is 4.68. The molecule has 57 heavy (non-hydrogen) atoms. The Kier molecular flexibility index (Phi) is 6.81. The highest BCUT2D eigenvalue weighted by Gasteiger charge is 2.53. The Labute approximate surface area is 330 Å². The lowest BCUT2D eigenvalue weighted by molar-refractivity contribution is 0.360. The Morgan fingerprint density at radius 3 is 1.53 bits per heavy atom. The van der Waals surface area contributed by atoms with Gasteiger partial charge < -0.3 is 9.47 Å². The number of ether oxygens (including phenoxy) is 2. The van der Waals surface area contributed by atoms with Crippen molar-refractivity contribution < 1.29 is 9.47 Å². The van der Waals surface area contributed by atoms with Gasteiger partial charge in [-0.05, 0) is 80.4 Å². The third-order valence-corrected chi connectivity index (χ3v) is 11.8. The van der Waals surface area contributed by atoms with Gasteiger partial charge in [0.15, 0.2) is 28.8 Å². The van der Waals surface area contributed by atoms with Crippen LogP contribution in [0.25, 0.3) is 67.3 Å². The minimum absolute atomic E-state index is 0.539. The molecule has 3 aliphatic rings. The molecule has 8 aromatic carbocycles. The van der Waals surface area contributed by atoms with Gasteiger partial charge in [0.05, 0.1) is 16.8 Å². The summed E-state index contributed by atoms with van der Waals surface area (Å²) in [5.41, 5.74) is 16.3. The maximum Gasteiger partial charge on any atom is 0.178 e. The molecule has 12 rings (SSSR count). The van der Waals surface area contributed by atoms with E-state index >= 15 is 0 Å². The summed E-state index contributed by atoms with van der Waals surface area (Å²) in [5, 5.41) is 0. The lowest BCUT2D eigenvalue weighted by Gasteiger charge is -2.31. The molecule has 2 heterocycles. The van der Waals surface area contributed by atoms with Gasteiger partial charge >= 0.3 is 0 Å². The van der Waals surface area contributed by atoms with Crippen molar-refractivity contribution in [2.24, 2.45) is 0 Å². The molecule has 1 spiro atoms. The first-order valence-electron chi connectivity index (χ1n) is 19.3. The van der Waals surface area contributed by atoms with Crippen LogP contribution >= 0.6 is 0 Å². The topological polar surface area (TPSA) is 44.2 Å². The monoisotopic (exact) mass is 728 g/mol. The largest absolute Gasteiger partial charge is 0.449 e. The highest BCUT2D eigenvalue weighted by molar-refractivity contribution is 5.98. The SMILES string of the molecule is c1ccc(-c2cc(-c3ccccc3)nc(-c3ccc(-c4ccc5c(c4)C4(c6ccccc6-c6ccccc64)c4ccc6c(c4-5)Oc4ccccc4O6)cc3)n2)cc1. The van der Waals surface area contributed by atoms with Crippen LogP contribution in [0.4, 0.5) is 0 Å². The van der Waals surface area contributed by atoms with Crippen molar-refractivity contribution in [2.45, 2.75) is 5.41 Å². The van der Waals surface area contributed by atoms with Gasteiger partial charge in [-0.1, -0.05) is 164 Å². The van der Waals surface area contributed by atoms with E-state index in [9.17, 15) is 0 Å². The molecule has 9 aromatic rings. The summed E-state index contributed by atoms with van der Waals surface area (Å²) in [6.07, 6.45) is 0. The highest BCUT2D eigenvalue weighted by Crippen LogP contribution is 2.66. The third-order valence-electron chi connectivity index (χ3n) is 11.8. The van der Waals surface area contributed by atoms with E-state index in [-0.39, 0.29) is 0 Å². The average molecular weight is 729 g/mol. The quantitative estimate of drug-likeness (QED) is 0.181. The second kappa shape index (κ2) is 12.2. The van der Waals surface area contributed by atoms with Crippen molar-refractivity contribution in [3.8, 4) is 90.3 Å². The molecule has 1 aliphatic heterocycles. The highest BCUT2D eigenvalue weighted by atomic mass is 16.6. The predicted molar refractivity (Wildman–Crippen MR) is 227 cm³/mol. The van der Waals surface area contributed by atoms with E-state index < -0.39 is 5.41 Å². The van der Waals surface area contributed by atoms with E-state index in [0.29, 0.717) is 5.82 Å². The van der Waals surface area contributed by atoms with Crippen LogP contribution in [-0.2, 0) is 5.41 Å². The molecule has 0 saturated heterocycles. The number of nitrogens with zero attached hydrogens (tertiary/aromatic N) is 2. The maximum absolute atomic E-state index is 6.76. The maximum atomic E-state index is 6.76. The molecule has 0 N–H and O–H groups in total. The molecule has 1 aromatic heterocycles. The van der Waals surface area contributed by atoms with E-state index in [1.165, 1.54) is 33.4 Å². The molecule has 4 nitrogen and oxygen atoms in total. The number of para-hydroxylation sites is 2. The van der Waals surface area contributed by atoms with E-state index in [1.807, 2.05) is 60.7 Å². The molecule has 4 heteroatoms. The van der Waals surface area contributed by atoms with E-state index in [0.717, 1.165) is 73.3 Å². The first-order valence-corrected chi connectivity index (χ1v) is 19.3. The fraction of sp³-hybridized carbons (Fsp3) is 0.0189. The summed E-state index contributed by atoms with van der Waals surface area (Å²) < 4.78 is 13.2. The van der Waals surface area contributed by atoms with Crippen molar-refractivity contribution in [1.82, 2.24) is 9.97 Å². The Balaban J connectivity index is 1.02. The number of hydrogen-bond acceptors (Lipinski definition) is 4. The molecular weight excluding hydrogens is 697 g/mol. The van der Waals surface area contributed by atoms with Gasteiger partial charge in [0, 0.05) is 22.3 Å². The molecule has 0 atom stereocenters. The Hall–Kier alpha value is -7.56. The number of benzene rings is 8. The fourth-order valence-electron chi connectivity index (χ4n) is 9.29. The van der Waals surface area contributed by atoms with Crippen molar-refractivity contribution >= 4 is 0 Å². The minimum atomic E-state index is -0.539. The zero-order valence-electron chi connectivity index (χ0n) is 30.7. The second-order valence-electron chi connectivity index (χ2n) is 14.8. The summed E-state index contributed by atoms with van der Waals surface area (Å²) in [5.74, 6) is 3.62. The van der Waals surface area contributed by atoms with Crippen LogP contribution in [0.2, 0.25) is 0 Å². The van der Waals surface area contributed by atoms with Crippen LogP contribution in [0.15, 0.2) is 194 Å². The predicted octanol–water partition coefficient (Wildman–Crippen LogP) is 13.4. The number of aromatic nitrogens is 2. The van der Waals surface area contributed by atoms with Gasteiger partial charge in [-0.15, -0.1) is 0 Å². The van der Waals surface area contributed by atoms with Crippen LogP contribution < -0.4 is 9.47 Å². The zero-order valence-corrected chi connectivity index (χ0v) is 30.7. The molecule has 0 saturated carbocycles. The van der Waals surface area contributed by atoms with Gasteiger partial charge in [0.25, 0.3) is 0 Å². The molecule has 0 bridgehead atoms. The molecule has 0 amide bonds. The van der Waals surface area contributed by atoms with Crippen molar-refractivity contribution in [1.29, 1.82) is 0 Å². The normalized spacial score (nSPS) is 13.3. The number of rotatable bonds is 4. The summed E-state index contributed by atoms with van der Waals surface area (Å²) in [7, 11) is 0. The molecule has 266 valence electrons. The Bertz CT molecular complexity index is 2960. The summed E-state index contributed by atoms with van der Waals surface area (Å²) >= 11 is 0. The lowest BCUT2D eigenvalue weighted by Crippen LogP contribution is -2.26. The standard InChI is InChI=1S/C53H32N2O2/c1-3-13-34(14-4-1)45-32-46(35-15-5-2-6-16-35)55-52(54-45)36-25-23-33(24-26-36)37-27-28-40-44(31-37)53(41-19-9-7-17-38(41)39-18-8-10-20-42(39)53)43-29-30-49-51(50(40)43)57-48-22-12-11-21-47(48)56-49/h1-32H. The van der Waals surface area contributed by atoms with Gasteiger partial charge in [0.2, 0.25) is 0 Å². The molecule has 0 fully saturated rings. The minimum Gasteiger partial charge on any atom is -0.449 e. The van der Waals surface area contributed by atoms with E-state index in [4.69, 9.17) is 19.4 Å². The van der Waals surface area contributed by atoms with E-state index in [1.54, 1.807) is 0 Å². The van der Waals surface area contributed by atoms with E-state index in [2.05, 4.69) is 133 Å². The molecule has 0 radical (unpaired) electrons. The van der Waals surface area contributed by atoms with Crippen molar-refractivity contribution in [3.63, 3.8) is 0 Å². The first-order chi connectivity index (χ1) is 28.2. The molecular formula is C53H32N2O2. The lowest BCUT2D eigenvalue weighted by atomic mass is 9.70. The fourth-order valence-corrected chi connectivity index (χ4v) is 9.29. The molecule has 0 unspecified atom stereocenters. The summed E-state index contributed by atoms with van der Waals surface area (Å²) in [6.45, 7) is 0. The van der Waals surface area contributed by atoms with Crippen molar-refractivity contribution in [3.05, 3.63) is 216 Å². The van der Waals surface area contributed by atoms with Crippen LogP contribution in [0.1, 0.15) is 22.3 Å². The zero-order chi connectivity index (χ0) is 37.5. The smallest absolute Gasteiger partial charge is 0.178 e. The Morgan fingerprint density at radius 2 is 0.877 bits per heavy atom. The van der Waals surface area contributed by atoms with Gasteiger partial charge in [-0.2, -0.15) is 0 Å². The summed E-state index contributed by atoms with van der Waals surface area (Å²) in [6, 6.07) is 68.3. The number of hydrogen-bond donors (Lipinski definition) is 0. The average Bonchev–Trinajstić information content (AvgIpc) is 3.76. The second-order valence-corrected chi connectivity index (χ2v) is 14.8. The van der Waals surface area contributed by atoms with Crippen LogP contribution in [0.5, 0.6) is 23.0 Å². The Morgan fingerprint density at radius 1 is 0.333 bits per heavy atom. The number of fused-ring (bicyclic) bond motifs is 13. The van der Waals surface area contributed by atoms with Crippen LogP contribution in [0.3, 0.4) is 0 Å². The summed E-state index contributed by atoms with van der Waals surface area (Å²) in [4.78, 5) is 10.2.